The highest BCUT2D eigenvalue weighted by Crippen LogP contribution is 2.25. The topological polar surface area (TPSA) is 13.7 Å². The molecule has 0 bridgehead atoms. The Labute approximate surface area is 117 Å². The number of hydrogen-bond acceptors (Lipinski definition) is 1. The van der Waals surface area contributed by atoms with Crippen LogP contribution >= 0.6 is 0 Å². The predicted molar refractivity (Wildman–Crippen MR) is 82.1 cm³/mol. The van der Waals surface area contributed by atoms with Gasteiger partial charge in [0.05, 0.1) is 13.1 Å². The van der Waals surface area contributed by atoms with E-state index in [1.165, 1.54) is 21.6 Å². The fourth-order valence-electron chi connectivity index (χ4n) is 2.14. The summed E-state index contributed by atoms with van der Waals surface area (Å²) in [6, 6.07) is 4.26. The molecule has 1 aromatic carbocycles. The zero-order chi connectivity index (χ0) is 14.3. The number of hydrogen-bond donors (Lipinski definition) is 1. The van der Waals surface area contributed by atoms with Gasteiger partial charge in [-0.2, -0.15) is 0 Å². The van der Waals surface area contributed by atoms with Crippen molar-refractivity contribution in [3.8, 4) is 5.75 Å². The predicted octanol–water partition coefficient (Wildman–Crippen LogP) is 2.25. The molecule has 0 radical (unpaired) electrons. The Morgan fingerprint density at radius 2 is 1.63 bits per heavy atom. The van der Waals surface area contributed by atoms with Crippen LogP contribution in [0, 0.1) is 20.8 Å². The Kier molecular flexibility index (Phi) is 6.37. The molecule has 1 aromatic rings. The molecular weight excluding hydrogens is 234 g/mol. The Balaban J connectivity index is 2.59. The van der Waals surface area contributed by atoms with Crippen LogP contribution in [-0.2, 0) is 0 Å². The fourth-order valence-corrected chi connectivity index (χ4v) is 2.14. The maximum atomic E-state index is 5.98. The van der Waals surface area contributed by atoms with E-state index in [1.807, 2.05) is 12.2 Å². The second kappa shape index (κ2) is 7.80. The molecule has 1 rings (SSSR count). The second-order valence-electron chi connectivity index (χ2n) is 4.99. The van der Waals surface area contributed by atoms with Crippen molar-refractivity contribution < 1.29 is 9.64 Å². The largest absolute Gasteiger partial charge is 0.487 e. The van der Waals surface area contributed by atoms with E-state index in [0.29, 0.717) is 0 Å². The molecule has 0 aliphatic carbocycles. The lowest BCUT2D eigenvalue weighted by Crippen LogP contribution is -3.12. The molecule has 0 amide bonds. The number of rotatable bonds is 8. The van der Waals surface area contributed by atoms with E-state index in [4.69, 9.17) is 4.74 Å². The number of quaternary nitrogens is 1. The fraction of sp³-hybridized carbons (Fsp3) is 0.412. The summed E-state index contributed by atoms with van der Waals surface area (Å²) in [6.45, 7) is 17.5. The van der Waals surface area contributed by atoms with Crippen molar-refractivity contribution in [3.05, 3.63) is 54.1 Å². The van der Waals surface area contributed by atoms with Crippen molar-refractivity contribution in [2.75, 3.05) is 26.2 Å². The van der Waals surface area contributed by atoms with Crippen LogP contribution in [0.3, 0.4) is 0 Å². The van der Waals surface area contributed by atoms with E-state index in [0.717, 1.165) is 32.0 Å². The van der Waals surface area contributed by atoms with E-state index in [1.54, 1.807) is 0 Å². The monoisotopic (exact) mass is 260 g/mol. The van der Waals surface area contributed by atoms with Gasteiger partial charge in [0.25, 0.3) is 0 Å². The molecule has 0 unspecified atom stereocenters. The summed E-state index contributed by atoms with van der Waals surface area (Å²) >= 11 is 0. The van der Waals surface area contributed by atoms with Crippen molar-refractivity contribution in [1.82, 2.24) is 0 Å². The van der Waals surface area contributed by atoms with Crippen LogP contribution in [0.25, 0.3) is 0 Å². The Bertz CT molecular complexity index is 427. The molecular formula is C17H26NO+. The highest BCUT2D eigenvalue weighted by molar-refractivity contribution is 5.44. The minimum absolute atomic E-state index is 0.724. The van der Waals surface area contributed by atoms with Gasteiger partial charge >= 0.3 is 0 Å². The molecule has 0 saturated heterocycles. The molecule has 2 heteroatoms. The minimum atomic E-state index is 0.724. The SMILES string of the molecule is C=CC[NH+](CC=C)CCOc1c(C)ccc(C)c1C. The summed E-state index contributed by atoms with van der Waals surface area (Å²) in [6.07, 6.45) is 3.89. The lowest BCUT2D eigenvalue weighted by atomic mass is 10.1. The van der Waals surface area contributed by atoms with Gasteiger partial charge in [-0.1, -0.05) is 25.3 Å². The van der Waals surface area contributed by atoms with E-state index < -0.39 is 0 Å². The molecule has 0 aliphatic rings. The molecule has 0 spiro atoms. The third-order valence-corrected chi connectivity index (χ3v) is 3.44. The maximum Gasteiger partial charge on any atom is 0.137 e. The summed E-state index contributed by atoms with van der Waals surface area (Å²) in [5, 5.41) is 0. The van der Waals surface area contributed by atoms with Gasteiger partial charge in [-0.15, -0.1) is 0 Å². The standard InChI is InChI=1S/C17H25NO/c1-6-10-18(11-7-2)12-13-19-17-15(4)9-8-14(3)16(17)5/h6-9H,1-2,10-13H2,3-5H3/p+1. The lowest BCUT2D eigenvalue weighted by molar-refractivity contribution is -0.888. The highest BCUT2D eigenvalue weighted by atomic mass is 16.5. The van der Waals surface area contributed by atoms with Gasteiger partial charge in [0.15, 0.2) is 0 Å². The molecule has 1 N–H and O–H groups in total. The van der Waals surface area contributed by atoms with Crippen molar-refractivity contribution in [2.24, 2.45) is 0 Å². The zero-order valence-corrected chi connectivity index (χ0v) is 12.5. The molecule has 0 atom stereocenters. The van der Waals surface area contributed by atoms with Crippen molar-refractivity contribution in [1.29, 1.82) is 0 Å². The second-order valence-corrected chi connectivity index (χ2v) is 4.99. The van der Waals surface area contributed by atoms with Gasteiger partial charge in [-0.25, -0.2) is 0 Å². The molecule has 2 nitrogen and oxygen atoms in total. The van der Waals surface area contributed by atoms with Gasteiger partial charge in [-0.05, 0) is 49.6 Å². The van der Waals surface area contributed by atoms with Crippen molar-refractivity contribution in [2.45, 2.75) is 20.8 Å². The molecule has 0 heterocycles. The van der Waals surface area contributed by atoms with E-state index >= 15 is 0 Å². The third kappa shape index (κ3) is 4.56. The first-order valence-corrected chi connectivity index (χ1v) is 6.85. The molecule has 104 valence electrons. The third-order valence-electron chi connectivity index (χ3n) is 3.44. The van der Waals surface area contributed by atoms with E-state index in [2.05, 4.69) is 46.1 Å². The Morgan fingerprint density at radius 1 is 1.05 bits per heavy atom. The number of benzene rings is 1. The first-order chi connectivity index (χ1) is 9.10. The summed E-state index contributed by atoms with van der Waals surface area (Å²) in [7, 11) is 0. The Morgan fingerprint density at radius 3 is 2.21 bits per heavy atom. The Hall–Kier alpha value is -1.54. The maximum absolute atomic E-state index is 5.98. The number of ether oxygens (including phenoxy) is 1. The summed E-state index contributed by atoms with van der Waals surface area (Å²) in [4.78, 5) is 1.42. The average molecular weight is 260 g/mol. The summed E-state index contributed by atoms with van der Waals surface area (Å²) in [5.41, 5.74) is 3.73. The van der Waals surface area contributed by atoms with Crippen LogP contribution in [-0.4, -0.2) is 26.2 Å². The quantitative estimate of drug-likeness (QED) is 0.708. The van der Waals surface area contributed by atoms with Gasteiger partial charge < -0.3 is 9.64 Å². The first-order valence-electron chi connectivity index (χ1n) is 6.85. The average Bonchev–Trinajstić information content (AvgIpc) is 2.38. The van der Waals surface area contributed by atoms with Gasteiger partial charge in [-0.3, -0.25) is 0 Å². The lowest BCUT2D eigenvalue weighted by Gasteiger charge is -2.18. The smallest absolute Gasteiger partial charge is 0.137 e. The normalized spacial score (nSPS) is 10.5. The zero-order valence-electron chi connectivity index (χ0n) is 12.5. The van der Waals surface area contributed by atoms with Gasteiger partial charge in [0, 0.05) is 0 Å². The van der Waals surface area contributed by atoms with Gasteiger partial charge in [0.1, 0.15) is 18.9 Å². The number of aryl methyl sites for hydroxylation is 2. The highest BCUT2D eigenvalue weighted by Gasteiger charge is 2.08. The minimum Gasteiger partial charge on any atom is -0.487 e. The first kappa shape index (κ1) is 15.5. The van der Waals surface area contributed by atoms with Gasteiger partial charge in [0.2, 0.25) is 0 Å². The van der Waals surface area contributed by atoms with Crippen LogP contribution in [0.4, 0.5) is 0 Å². The molecule has 0 aromatic heterocycles. The van der Waals surface area contributed by atoms with E-state index in [-0.39, 0.29) is 0 Å². The summed E-state index contributed by atoms with van der Waals surface area (Å²) in [5.74, 6) is 1.04. The molecule has 19 heavy (non-hydrogen) atoms. The van der Waals surface area contributed by atoms with Crippen LogP contribution < -0.4 is 9.64 Å². The van der Waals surface area contributed by atoms with Crippen LogP contribution in [0.2, 0.25) is 0 Å². The van der Waals surface area contributed by atoms with Crippen LogP contribution in [0.5, 0.6) is 5.75 Å². The molecule has 0 aliphatic heterocycles. The number of nitrogens with one attached hydrogen (secondary N) is 1. The van der Waals surface area contributed by atoms with Crippen LogP contribution in [0.1, 0.15) is 16.7 Å². The van der Waals surface area contributed by atoms with Crippen molar-refractivity contribution in [3.63, 3.8) is 0 Å². The van der Waals surface area contributed by atoms with Crippen LogP contribution in [0.15, 0.2) is 37.4 Å². The van der Waals surface area contributed by atoms with E-state index in [9.17, 15) is 0 Å². The van der Waals surface area contributed by atoms with Crippen molar-refractivity contribution >= 4 is 0 Å². The molecule has 0 saturated carbocycles. The molecule has 0 fully saturated rings. The summed E-state index contributed by atoms with van der Waals surface area (Å²) < 4.78 is 5.98.